The van der Waals surface area contributed by atoms with Gasteiger partial charge in [0, 0.05) is 6.54 Å². The van der Waals surface area contributed by atoms with E-state index in [1.165, 1.54) is 0 Å². The minimum Gasteiger partial charge on any atom is -0.488 e. The number of ether oxygens (including phenoxy) is 1. The Hall–Kier alpha value is -2.30. The molecule has 19 heavy (non-hydrogen) atoms. The Balaban J connectivity index is 2.09. The summed E-state index contributed by atoms with van der Waals surface area (Å²) >= 11 is 0. The minimum absolute atomic E-state index is 0.229. The lowest BCUT2D eigenvalue weighted by atomic mass is 10.0. The van der Waals surface area contributed by atoms with Gasteiger partial charge in [-0.25, -0.2) is 0 Å². The monoisotopic (exact) mass is 258 g/mol. The van der Waals surface area contributed by atoms with Crippen LogP contribution in [0.15, 0.2) is 22.7 Å². The molecule has 0 atom stereocenters. The highest BCUT2D eigenvalue weighted by Crippen LogP contribution is 2.39. The highest BCUT2D eigenvalue weighted by Gasteiger charge is 2.28. The molecule has 0 spiro atoms. The summed E-state index contributed by atoms with van der Waals surface area (Å²) in [5, 5.41) is 6.59. The van der Waals surface area contributed by atoms with E-state index in [2.05, 4.69) is 10.5 Å². The molecular formula is C14H14N2O3. The first-order chi connectivity index (χ1) is 9.20. The van der Waals surface area contributed by atoms with E-state index in [0.717, 1.165) is 16.9 Å². The summed E-state index contributed by atoms with van der Waals surface area (Å²) < 4.78 is 11.0. The van der Waals surface area contributed by atoms with Gasteiger partial charge in [-0.3, -0.25) is 4.79 Å². The third kappa shape index (κ3) is 1.87. The standard InChI is InChI=1S/C14H14N2O3/c1-3-15-14(17)12-10-7-18-11-5-4-8(2)6-9(11)13(10)19-16-12/h4-6H,3,7H2,1-2H3,(H,15,17). The summed E-state index contributed by atoms with van der Waals surface area (Å²) in [7, 11) is 0. The normalized spacial score (nSPS) is 12.3. The van der Waals surface area contributed by atoms with Gasteiger partial charge in [0.25, 0.3) is 5.91 Å². The van der Waals surface area contributed by atoms with Gasteiger partial charge in [-0.2, -0.15) is 0 Å². The fourth-order valence-electron chi connectivity index (χ4n) is 2.17. The number of nitrogens with one attached hydrogen (secondary N) is 1. The topological polar surface area (TPSA) is 64.4 Å². The Bertz CT molecular complexity index is 646. The van der Waals surface area contributed by atoms with Gasteiger partial charge in [0.1, 0.15) is 12.4 Å². The third-order valence-electron chi connectivity index (χ3n) is 3.09. The molecule has 1 aromatic heterocycles. The highest BCUT2D eigenvalue weighted by molar-refractivity contribution is 5.95. The van der Waals surface area contributed by atoms with Gasteiger partial charge in [0.2, 0.25) is 0 Å². The van der Waals surface area contributed by atoms with Crippen molar-refractivity contribution in [3.8, 4) is 17.1 Å². The van der Waals surface area contributed by atoms with Crippen molar-refractivity contribution in [2.45, 2.75) is 20.5 Å². The van der Waals surface area contributed by atoms with Gasteiger partial charge >= 0.3 is 0 Å². The zero-order valence-corrected chi connectivity index (χ0v) is 10.8. The number of nitrogens with zero attached hydrogens (tertiary/aromatic N) is 1. The maximum Gasteiger partial charge on any atom is 0.273 e. The molecule has 0 fully saturated rings. The van der Waals surface area contributed by atoms with Crippen LogP contribution >= 0.6 is 0 Å². The van der Waals surface area contributed by atoms with Gasteiger partial charge in [-0.1, -0.05) is 16.8 Å². The number of amides is 1. The molecule has 0 saturated heterocycles. The Kier molecular flexibility index (Phi) is 2.74. The number of carbonyl (C=O) groups excluding carboxylic acids is 1. The molecule has 0 bridgehead atoms. The number of aromatic nitrogens is 1. The molecule has 98 valence electrons. The number of rotatable bonds is 2. The molecule has 5 nitrogen and oxygen atoms in total. The summed E-state index contributed by atoms with van der Waals surface area (Å²) in [5.41, 5.74) is 2.98. The molecule has 1 aromatic carbocycles. The van der Waals surface area contributed by atoms with Crippen LogP contribution in [0.25, 0.3) is 11.3 Å². The first-order valence-corrected chi connectivity index (χ1v) is 6.21. The Morgan fingerprint density at radius 3 is 3.11 bits per heavy atom. The number of hydrogen-bond acceptors (Lipinski definition) is 4. The maximum absolute atomic E-state index is 11.9. The largest absolute Gasteiger partial charge is 0.488 e. The zero-order chi connectivity index (χ0) is 13.4. The van der Waals surface area contributed by atoms with Crippen LogP contribution in [0.4, 0.5) is 0 Å². The van der Waals surface area contributed by atoms with Crippen molar-refractivity contribution < 1.29 is 14.1 Å². The molecule has 5 heteroatoms. The molecule has 3 rings (SSSR count). The molecule has 0 radical (unpaired) electrons. The molecule has 1 aliphatic rings. The maximum atomic E-state index is 11.9. The summed E-state index contributed by atoms with van der Waals surface area (Å²) in [6.45, 7) is 4.72. The second kappa shape index (κ2) is 4.42. The van der Waals surface area contributed by atoms with Gasteiger partial charge in [0.15, 0.2) is 11.5 Å². The molecule has 1 amide bonds. The highest BCUT2D eigenvalue weighted by atomic mass is 16.5. The Morgan fingerprint density at radius 1 is 1.47 bits per heavy atom. The van der Waals surface area contributed by atoms with E-state index in [4.69, 9.17) is 9.26 Å². The second-order valence-electron chi connectivity index (χ2n) is 4.49. The van der Waals surface area contributed by atoms with Crippen molar-refractivity contribution in [3.05, 3.63) is 35.0 Å². The van der Waals surface area contributed by atoms with Crippen molar-refractivity contribution in [2.24, 2.45) is 0 Å². The predicted molar refractivity (Wildman–Crippen MR) is 69.0 cm³/mol. The lowest BCUT2D eigenvalue weighted by Crippen LogP contribution is -2.24. The van der Waals surface area contributed by atoms with Gasteiger partial charge in [-0.15, -0.1) is 0 Å². The fraction of sp³-hybridized carbons (Fsp3) is 0.286. The predicted octanol–water partition coefficient (Wildman–Crippen LogP) is 2.29. The molecule has 2 aromatic rings. The summed E-state index contributed by atoms with van der Waals surface area (Å²) in [4.78, 5) is 11.9. The lowest BCUT2D eigenvalue weighted by molar-refractivity contribution is 0.0945. The summed E-state index contributed by atoms with van der Waals surface area (Å²) in [5.74, 6) is 1.16. The Morgan fingerprint density at radius 2 is 2.32 bits per heavy atom. The van der Waals surface area contributed by atoms with E-state index in [1.807, 2.05) is 32.0 Å². The van der Waals surface area contributed by atoms with E-state index in [-0.39, 0.29) is 5.91 Å². The van der Waals surface area contributed by atoms with Crippen LogP contribution in [0, 0.1) is 6.92 Å². The number of aryl methyl sites for hydroxylation is 1. The van der Waals surface area contributed by atoms with E-state index in [0.29, 0.717) is 30.2 Å². The minimum atomic E-state index is -0.229. The van der Waals surface area contributed by atoms with Crippen molar-refractivity contribution >= 4 is 5.91 Å². The van der Waals surface area contributed by atoms with E-state index < -0.39 is 0 Å². The van der Waals surface area contributed by atoms with Crippen molar-refractivity contribution in [1.29, 1.82) is 0 Å². The van der Waals surface area contributed by atoms with Crippen LogP contribution in [0.5, 0.6) is 5.75 Å². The molecule has 1 aliphatic heterocycles. The van der Waals surface area contributed by atoms with Crippen LogP contribution in [0.1, 0.15) is 28.5 Å². The second-order valence-corrected chi connectivity index (χ2v) is 4.49. The average Bonchev–Trinajstić information content (AvgIpc) is 2.83. The first-order valence-electron chi connectivity index (χ1n) is 6.21. The first kappa shape index (κ1) is 11.8. The SMILES string of the molecule is CCNC(=O)c1noc2c1COc1ccc(C)cc1-2. The van der Waals surface area contributed by atoms with Gasteiger partial charge in [0.05, 0.1) is 11.1 Å². The van der Waals surface area contributed by atoms with Crippen LogP contribution in [0.3, 0.4) is 0 Å². The molecule has 2 heterocycles. The van der Waals surface area contributed by atoms with E-state index in [1.54, 1.807) is 0 Å². The molecule has 1 N–H and O–H groups in total. The Labute approximate surface area is 110 Å². The summed E-state index contributed by atoms with van der Waals surface area (Å²) in [6, 6.07) is 5.85. The third-order valence-corrected chi connectivity index (χ3v) is 3.09. The van der Waals surface area contributed by atoms with Crippen molar-refractivity contribution in [2.75, 3.05) is 6.54 Å². The zero-order valence-electron chi connectivity index (χ0n) is 10.8. The van der Waals surface area contributed by atoms with Crippen LogP contribution in [-0.4, -0.2) is 17.6 Å². The number of fused-ring (bicyclic) bond motifs is 3. The van der Waals surface area contributed by atoms with E-state index in [9.17, 15) is 4.79 Å². The van der Waals surface area contributed by atoms with Crippen molar-refractivity contribution in [1.82, 2.24) is 10.5 Å². The molecule has 0 aliphatic carbocycles. The fourth-order valence-corrected chi connectivity index (χ4v) is 2.17. The van der Waals surface area contributed by atoms with Crippen LogP contribution in [-0.2, 0) is 6.61 Å². The molecular weight excluding hydrogens is 244 g/mol. The summed E-state index contributed by atoms with van der Waals surface area (Å²) in [6.07, 6.45) is 0. The van der Waals surface area contributed by atoms with Crippen molar-refractivity contribution in [3.63, 3.8) is 0 Å². The van der Waals surface area contributed by atoms with E-state index >= 15 is 0 Å². The van der Waals surface area contributed by atoms with Crippen LogP contribution < -0.4 is 10.1 Å². The number of carbonyl (C=O) groups is 1. The smallest absolute Gasteiger partial charge is 0.273 e. The van der Waals surface area contributed by atoms with Gasteiger partial charge < -0.3 is 14.6 Å². The van der Waals surface area contributed by atoms with Crippen LogP contribution in [0.2, 0.25) is 0 Å². The quantitative estimate of drug-likeness (QED) is 0.897. The van der Waals surface area contributed by atoms with Gasteiger partial charge in [-0.05, 0) is 26.0 Å². The number of benzene rings is 1. The average molecular weight is 258 g/mol. The number of hydrogen-bond donors (Lipinski definition) is 1. The lowest BCUT2D eigenvalue weighted by Gasteiger charge is -2.16. The molecule has 0 unspecified atom stereocenters. The molecule has 0 saturated carbocycles.